The van der Waals surface area contributed by atoms with Crippen LogP contribution >= 0.6 is 9.24 Å². The number of hydrogen-bond acceptors (Lipinski definition) is 0. The smallest absolute Gasteiger partial charge is 0.129 e. The lowest BCUT2D eigenvalue weighted by molar-refractivity contribution is 0.165. The lowest BCUT2D eigenvalue weighted by Gasteiger charge is -2.37. The Bertz CT molecular complexity index is 2020. The number of halogens is 3. The fourth-order valence-electron chi connectivity index (χ4n) is 12.5. The summed E-state index contributed by atoms with van der Waals surface area (Å²) in [5.74, 6) is 7.61. The zero-order chi connectivity index (χ0) is 51.3. The molecule has 1 unspecified atom stereocenters. The number of benzene rings is 4. The van der Waals surface area contributed by atoms with Gasteiger partial charge in [0.1, 0.15) is 17.5 Å². The quantitative estimate of drug-likeness (QED) is 0.169. The fraction of sp³-hybridized carbons (Fsp3) is 0.636. The van der Waals surface area contributed by atoms with E-state index in [0.29, 0.717) is 17.4 Å². The van der Waals surface area contributed by atoms with Crippen molar-refractivity contribution in [3.05, 3.63) is 124 Å². The molecule has 0 saturated heterocycles. The topological polar surface area (TPSA) is 0 Å². The minimum Gasteiger partial charge on any atom is -0.207 e. The summed E-state index contributed by atoms with van der Waals surface area (Å²) in [6.45, 7) is 24.7. The maximum Gasteiger partial charge on any atom is 0.129 e. The molecule has 9 rings (SSSR count). The maximum atomic E-state index is 13.8. The average Bonchev–Trinajstić information content (AvgIpc) is 3.40. The molecule has 4 aromatic carbocycles. The van der Waals surface area contributed by atoms with Crippen LogP contribution in [0.1, 0.15) is 242 Å². The van der Waals surface area contributed by atoms with Crippen molar-refractivity contribution in [2.24, 2.45) is 41.4 Å². The summed E-state index contributed by atoms with van der Waals surface area (Å²) in [5.41, 5.74) is 8.20. The molecular weight excluding hydrogens is 881 g/mol. The fourth-order valence-corrected chi connectivity index (χ4v) is 12.8. The van der Waals surface area contributed by atoms with Crippen LogP contribution in [-0.2, 0) is 0 Å². The van der Waals surface area contributed by atoms with E-state index in [1.165, 1.54) is 139 Å². The zero-order valence-corrected chi connectivity index (χ0v) is 47.7. The van der Waals surface area contributed by atoms with Crippen LogP contribution in [0.2, 0.25) is 0 Å². The van der Waals surface area contributed by atoms with Gasteiger partial charge in [0.2, 0.25) is 0 Å². The van der Waals surface area contributed by atoms with Gasteiger partial charge in [-0.3, -0.25) is 0 Å². The van der Waals surface area contributed by atoms with Gasteiger partial charge in [-0.25, -0.2) is 13.2 Å². The summed E-state index contributed by atoms with van der Waals surface area (Å²) in [7, 11) is 2.90. The Balaban J connectivity index is 0.000000217. The summed E-state index contributed by atoms with van der Waals surface area (Å²) >= 11 is 0. The van der Waals surface area contributed by atoms with E-state index < -0.39 is 11.6 Å². The largest absolute Gasteiger partial charge is 0.207 e. The van der Waals surface area contributed by atoms with E-state index >= 15 is 0 Å². The highest BCUT2D eigenvalue weighted by molar-refractivity contribution is 7.27. The summed E-state index contributed by atoms with van der Waals surface area (Å²) in [6.07, 6.45) is 27.3. The second-order valence-electron chi connectivity index (χ2n) is 22.0. The normalized spacial score (nSPS) is 27.4. The summed E-state index contributed by atoms with van der Waals surface area (Å²) in [4.78, 5) is 0. The summed E-state index contributed by atoms with van der Waals surface area (Å²) in [6, 6.07) is 24.4. The van der Waals surface area contributed by atoms with Gasteiger partial charge in [-0.15, -0.1) is 9.24 Å². The van der Waals surface area contributed by atoms with Crippen LogP contribution in [0.5, 0.6) is 0 Å². The Hall–Kier alpha value is -2.90. The molecule has 5 aliphatic carbocycles. The van der Waals surface area contributed by atoms with Crippen LogP contribution in [0.25, 0.3) is 11.1 Å². The van der Waals surface area contributed by atoms with E-state index in [1.54, 1.807) is 30.7 Å². The average molecular weight is 981 g/mol. The van der Waals surface area contributed by atoms with Gasteiger partial charge >= 0.3 is 0 Å². The van der Waals surface area contributed by atoms with Crippen molar-refractivity contribution in [3.63, 3.8) is 0 Å². The second-order valence-corrected chi connectivity index (χ2v) is 22.7. The molecule has 1 atom stereocenters. The van der Waals surface area contributed by atoms with E-state index in [0.717, 1.165) is 76.9 Å². The molecule has 0 aliphatic heterocycles. The Morgan fingerprint density at radius 1 is 0.343 bits per heavy atom. The van der Waals surface area contributed by atoms with Gasteiger partial charge in [0.15, 0.2) is 0 Å². The Morgan fingerprint density at radius 2 is 0.671 bits per heavy atom. The molecule has 0 amide bonds. The minimum atomic E-state index is -0.390. The SMILES string of the molecule is CC.CC.CC.Cc1c(F)cc(C2CCC(C3CCC(C)CC3)CC2)cc1F.Cc1ccc(-c2ccc(C3CCC(C)CC3)cc2)cc1F.Cc1ccc(C2CCC(C3CCC(C)CC3)CC2)cc1P. The minimum absolute atomic E-state index is 0.127. The van der Waals surface area contributed by atoms with Crippen molar-refractivity contribution >= 4 is 14.5 Å². The van der Waals surface area contributed by atoms with Crippen molar-refractivity contribution in [3.8, 4) is 11.1 Å². The van der Waals surface area contributed by atoms with Crippen LogP contribution in [0.4, 0.5) is 13.2 Å². The van der Waals surface area contributed by atoms with Crippen molar-refractivity contribution in [1.82, 2.24) is 0 Å². The molecule has 0 heterocycles. The van der Waals surface area contributed by atoms with E-state index in [4.69, 9.17) is 0 Å². The Morgan fingerprint density at radius 3 is 1.09 bits per heavy atom. The highest BCUT2D eigenvalue weighted by atomic mass is 31.0. The third-order valence-electron chi connectivity index (χ3n) is 17.5. The third-order valence-corrected chi connectivity index (χ3v) is 18.1. The lowest BCUT2D eigenvalue weighted by Crippen LogP contribution is -2.25. The highest BCUT2D eigenvalue weighted by Crippen LogP contribution is 2.46. The first-order chi connectivity index (χ1) is 33.8. The second kappa shape index (κ2) is 31.0. The molecule has 5 aliphatic rings. The molecular formula is C66H100F3P. The maximum absolute atomic E-state index is 13.8. The molecule has 0 aromatic heterocycles. The predicted octanol–water partition coefficient (Wildman–Crippen LogP) is 21.1. The molecule has 4 aromatic rings. The summed E-state index contributed by atoms with van der Waals surface area (Å²) < 4.78 is 41.2. The molecule has 390 valence electrons. The molecule has 4 heteroatoms. The van der Waals surface area contributed by atoms with Gasteiger partial charge < -0.3 is 0 Å². The third kappa shape index (κ3) is 17.7. The van der Waals surface area contributed by atoms with Gasteiger partial charge in [-0.2, -0.15) is 0 Å². The van der Waals surface area contributed by atoms with Crippen molar-refractivity contribution in [2.75, 3.05) is 0 Å². The molecule has 5 fully saturated rings. The van der Waals surface area contributed by atoms with E-state index in [-0.39, 0.29) is 11.4 Å². The monoisotopic (exact) mass is 981 g/mol. The van der Waals surface area contributed by atoms with Gasteiger partial charge in [0, 0.05) is 5.56 Å². The zero-order valence-electron chi connectivity index (χ0n) is 46.6. The van der Waals surface area contributed by atoms with Crippen LogP contribution in [0.15, 0.2) is 72.8 Å². The first-order valence-corrected chi connectivity index (χ1v) is 29.6. The van der Waals surface area contributed by atoms with Crippen molar-refractivity contribution < 1.29 is 13.2 Å². The van der Waals surface area contributed by atoms with E-state index in [2.05, 4.69) is 79.4 Å². The highest BCUT2D eigenvalue weighted by Gasteiger charge is 2.32. The standard InChI is InChI=1S/C20H28F2.C20H23F.C20H31P.3C2H6/c1-13-3-5-15(6-4-13)16-7-9-17(10-8-16)18-11-19(21)14(2)20(22)12-18;2*1-14-3-6-16(7-4-14)17-9-11-18(12-10-17)19-8-5-15(2)20(21)13-19;3*1-2/h11-13,15-17H,3-10H2,1-2H3;5,8-14,16H,3-4,6-7H2,1-2H3;5,8,13-14,16-18H,3-4,6-7,9-12,21H2,1-2H3;3*1-2H3. The van der Waals surface area contributed by atoms with Crippen LogP contribution in [0, 0.1) is 79.6 Å². The molecule has 0 N–H and O–H groups in total. The molecule has 70 heavy (non-hydrogen) atoms. The van der Waals surface area contributed by atoms with Crippen LogP contribution in [0.3, 0.4) is 0 Å². The van der Waals surface area contributed by atoms with Gasteiger partial charge in [-0.1, -0.05) is 155 Å². The van der Waals surface area contributed by atoms with Gasteiger partial charge in [0.25, 0.3) is 0 Å². The summed E-state index contributed by atoms with van der Waals surface area (Å²) in [5, 5.41) is 1.39. The van der Waals surface area contributed by atoms with E-state index in [9.17, 15) is 13.2 Å². The Kier molecular flexibility index (Phi) is 26.4. The van der Waals surface area contributed by atoms with Crippen molar-refractivity contribution in [2.45, 2.75) is 229 Å². The molecule has 0 bridgehead atoms. The molecule has 5 saturated carbocycles. The van der Waals surface area contributed by atoms with Crippen LogP contribution < -0.4 is 5.30 Å². The molecule has 0 nitrogen and oxygen atoms in total. The first-order valence-electron chi connectivity index (χ1n) is 29.0. The van der Waals surface area contributed by atoms with Gasteiger partial charge in [-0.05, 0) is 232 Å². The Labute approximate surface area is 431 Å². The number of hydrogen-bond donors (Lipinski definition) is 0. The first kappa shape index (κ1) is 59.7. The molecule has 0 radical (unpaired) electrons. The lowest BCUT2D eigenvalue weighted by atomic mass is 9.68. The van der Waals surface area contributed by atoms with E-state index in [1.807, 2.05) is 53.7 Å². The van der Waals surface area contributed by atoms with Crippen molar-refractivity contribution in [1.29, 1.82) is 0 Å². The molecule has 0 spiro atoms. The van der Waals surface area contributed by atoms with Gasteiger partial charge in [0.05, 0.1) is 0 Å². The predicted molar refractivity (Wildman–Crippen MR) is 304 cm³/mol. The number of rotatable bonds is 6. The number of aryl methyl sites for hydroxylation is 2. The van der Waals surface area contributed by atoms with Crippen LogP contribution in [-0.4, -0.2) is 0 Å².